The summed E-state index contributed by atoms with van der Waals surface area (Å²) in [5.74, 6) is 0. The molecule has 3 heterocycles. The summed E-state index contributed by atoms with van der Waals surface area (Å²) in [4.78, 5) is 8.22. The van der Waals surface area contributed by atoms with Gasteiger partial charge in [0.15, 0.2) is 0 Å². The third-order valence-electron chi connectivity index (χ3n) is 4.33. The highest BCUT2D eigenvalue weighted by Gasteiger charge is 2.34. The van der Waals surface area contributed by atoms with Crippen molar-refractivity contribution in [2.75, 3.05) is 26.9 Å². The van der Waals surface area contributed by atoms with Gasteiger partial charge in [-0.3, -0.25) is 9.88 Å². The van der Waals surface area contributed by atoms with Gasteiger partial charge in [-0.25, -0.2) is 0 Å². The molecule has 2 atom stereocenters. The number of hydrogen-bond donors (Lipinski definition) is 0. The van der Waals surface area contributed by atoms with Gasteiger partial charge in [0.1, 0.15) is 0 Å². The van der Waals surface area contributed by atoms with E-state index in [0.717, 1.165) is 25.9 Å². The molecule has 5 heteroatoms. The van der Waals surface area contributed by atoms with Gasteiger partial charge in [-0.1, -0.05) is 12.1 Å². The molecule has 0 saturated carbocycles. The molecular formula is C18H24N2O2S. The SMILES string of the molecule is COCCO[C@@H]1CCN(Cc2cccs2)[C@@H]1Cc1cccnc1. The van der Waals surface area contributed by atoms with Gasteiger partial charge in [-0.2, -0.15) is 0 Å². The second kappa shape index (κ2) is 8.55. The Morgan fingerprint density at radius 3 is 3.00 bits per heavy atom. The molecule has 23 heavy (non-hydrogen) atoms. The Balaban J connectivity index is 1.67. The first kappa shape index (κ1) is 16.6. The minimum absolute atomic E-state index is 0.269. The van der Waals surface area contributed by atoms with Crippen molar-refractivity contribution >= 4 is 11.3 Å². The molecule has 1 saturated heterocycles. The van der Waals surface area contributed by atoms with Crippen LogP contribution >= 0.6 is 11.3 Å². The largest absolute Gasteiger partial charge is 0.382 e. The minimum Gasteiger partial charge on any atom is -0.382 e. The smallest absolute Gasteiger partial charge is 0.0746 e. The number of likely N-dealkylation sites (tertiary alicyclic amines) is 1. The Hall–Kier alpha value is -1.27. The lowest BCUT2D eigenvalue weighted by Crippen LogP contribution is -2.38. The summed E-state index contributed by atoms with van der Waals surface area (Å²) < 4.78 is 11.2. The summed E-state index contributed by atoms with van der Waals surface area (Å²) >= 11 is 1.83. The van der Waals surface area contributed by atoms with Crippen LogP contribution in [-0.4, -0.2) is 48.9 Å². The lowest BCUT2D eigenvalue weighted by molar-refractivity contribution is -0.00122. The first-order valence-electron chi connectivity index (χ1n) is 8.12. The molecule has 2 aromatic heterocycles. The molecule has 0 unspecified atom stereocenters. The van der Waals surface area contributed by atoms with Crippen molar-refractivity contribution in [1.29, 1.82) is 0 Å². The van der Waals surface area contributed by atoms with Crippen molar-refractivity contribution in [2.45, 2.75) is 31.5 Å². The Morgan fingerprint density at radius 2 is 2.26 bits per heavy atom. The molecule has 1 aliphatic rings. The van der Waals surface area contributed by atoms with Crippen LogP contribution in [0.3, 0.4) is 0 Å². The maximum Gasteiger partial charge on any atom is 0.0746 e. The molecular weight excluding hydrogens is 308 g/mol. The van der Waals surface area contributed by atoms with Gasteiger partial charge in [-0.15, -0.1) is 11.3 Å². The standard InChI is InChI=1S/C18H24N2O2S/c1-21-9-10-22-18-6-8-20(14-16-5-3-11-23-16)17(18)12-15-4-2-7-19-13-15/h2-5,7,11,13,17-18H,6,8-10,12,14H2,1H3/t17-,18-/m1/s1. The van der Waals surface area contributed by atoms with E-state index in [1.807, 2.05) is 29.8 Å². The number of methoxy groups -OCH3 is 1. The van der Waals surface area contributed by atoms with Crippen LogP contribution in [0, 0.1) is 0 Å². The van der Waals surface area contributed by atoms with Crippen molar-refractivity contribution in [3.05, 3.63) is 52.5 Å². The lowest BCUT2D eigenvalue weighted by atomic mass is 10.0. The first-order valence-corrected chi connectivity index (χ1v) is 9.00. The van der Waals surface area contributed by atoms with E-state index in [1.54, 1.807) is 7.11 Å². The fourth-order valence-corrected chi connectivity index (χ4v) is 3.91. The van der Waals surface area contributed by atoms with Crippen LogP contribution in [0.1, 0.15) is 16.9 Å². The first-order chi connectivity index (χ1) is 11.4. The minimum atomic E-state index is 0.269. The quantitative estimate of drug-likeness (QED) is 0.696. The maximum absolute atomic E-state index is 6.09. The summed E-state index contributed by atoms with van der Waals surface area (Å²) in [7, 11) is 1.72. The molecule has 0 radical (unpaired) electrons. The Morgan fingerprint density at radius 1 is 1.30 bits per heavy atom. The van der Waals surface area contributed by atoms with Gasteiger partial charge >= 0.3 is 0 Å². The van der Waals surface area contributed by atoms with E-state index >= 15 is 0 Å². The highest BCUT2D eigenvalue weighted by molar-refractivity contribution is 7.09. The number of thiophene rings is 1. The summed E-state index contributed by atoms with van der Waals surface area (Å²) in [6.07, 6.45) is 6.13. The van der Waals surface area contributed by atoms with Crippen molar-refractivity contribution in [1.82, 2.24) is 9.88 Å². The van der Waals surface area contributed by atoms with E-state index < -0.39 is 0 Å². The van der Waals surface area contributed by atoms with Crippen LogP contribution in [0.15, 0.2) is 42.0 Å². The zero-order chi connectivity index (χ0) is 15.9. The van der Waals surface area contributed by atoms with Crippen molar-refractivity contribution in [3.63, 3.8) is 0 Å². The highest BCUT2D eigenvalue weighted by atomic mass is 32.1. The zero-order valence-electron chi connectivity index (χ0n) is 13.6. The second-order valence-corrected chi connectivity index (χ2v) is 6.91. The summed E-state index contributed by atoms with van der Waals surface area (Å²) in [5.41, 5.74) is 1.27. The molecule has 124 valence electrons. The Bertz CT molecular complexity index is 562. The van der Waals surface area contributed by atoms with Crippen LogP contribution in [0.5, 0.6) is 0 Å². The van der Waals surface area contributed by atoms with Gasteiger partial charge in [0.05, 0.1) is 19.3 Å². The van der Waals surface area contributed by atoms with E-state index in [1.165, 1.54) is 10.4 Å². The van der Waals surface area contributed by atoms with Crippen molar-refractivity contribution in [2.24, 2.45) is 0 Å². The molecule has 0 aliphatic carbocycles. The molecule has 4 nitrogen and oxygen atoms in total. The average molecular weight is 332 g/mol. The number of ether oxygens (including phenoxy) is 2. The fourth-order valence-electron chi connectivity index (χ4n) is 3.18. The van der Waals surface area contributed by atoms with Gasteiger partial charge in [0.25, 0.3) is 0 Å². The number of hydrogen-bond acceptors (Lipinski definition) is 5. The number of aromatic nitrogens is 1. The Kier molecular flexibility index (Phi) is 6.16. The van der Waals surface area contributed by atoms with Crippen LogP contribution in [0.4, 0.5) is 0 Å². The summed E-state index contributed by atoms with van der Waals surface area (Å²) in [6, 6.07) is 8.90. The highest BCUT2D eigenvalue weighted by Crippen LogP contribution is 2.27. The summed E-state index contributed by atoms with van der Waals surface area (Å²) in [6.45, 7) is 3.41. The second-order valence-electron chi connectivity index (χ2n) is 5.87. The molecule has 0 amide bonds. The van der Waals surface area contributed by atoms with Crippen LogP contribution in [0.25, 0.3) is 0 Å². The van der Waals surface area contributed by atoms with Crippen LogP contribution in [-0.2, 0) is 22.4 Å². The fraction of sp³-hybridized carbons (Fsp3) is 0.500. The van der Waals surface area contributed by atoms with Gasteiger partial charge in [0.2, 0.25) is 0 Å². The predicted molar refractivity (Wildman–Crippen MR) is 92.7 cm³/mol. The van der Waals surface area contributed by atoms with E-state index in [0.29, 0.717) is 19.3 Å². The third kappa shape index (κ3) is 4.61. The predicted octanol–water partition coefficient (Wildman–Crippen LogP) is 2.99. The van der Waals surface area contributed by atoms with E-state index in [-0.39, 0.29) is 6.10 Å². The lowest BCUT2D eigenvalue weighted by Gasteiger charge is -2.28. The molecule has 0 bridgehead atoms. The number of nitrogens with zero attached hydrogens (tertiary/aromatic N) is 2. The number of rotatable bonds is 8. The third-order valence-corrected chi connectivity index (χ3v) is 5.19. The van der Waals surface area contributed by atoms with E-state index in [2.05, 4.69) is 33.5 Å². The van der Waals surface area contributed by atoms with Crippen LogP contribution < -0.4 is 0 Å². The summed E-state index contributed by atoms with van der Waals surface area (Å²) in [5, 5.41) is 2.15. The van der Waals surface area contributed by atoms with Gasteiger partial charge in [0, 0.05) is 43.5 Å². The normalized spacial score (nSPS) is 21.8. The molecule has 0 N–H and O–H groups in total. The molecule has 0 aromatic carbocycles. The van der Waals surface area contributed by atoms with Crippen molar-refractivity contribution in [3.8, 4) is 0 Å². The van der Waals surface area contributed by atoms with E-state index in [4.69, 9.17) is 9.47 Å². The number of pyridine rings is 1. The van der Waals surface area contributed by atoms with Gasteiger partial charge in [-0.05, 0) is 35.9 Å². The topological polar surface area (TPSA) is 34.6 Å². The van der Waals surface area contributed by atoms with Crippen LogP contribution in [0.2, 0.25) is 0 Å². The zero-order valence-corrected chi connectivity index (χ0v) is 14.4. The van der Waals surface area contributed by atoms with E-state index in [9.17, 15) is 0 Å². The maximum atomic E-state index is 6.09. The molecule has 2 aromatic rings. The molecule has 1 fully saturated rings. The van der Waals surface area contributed by atoms with Gasteiger partial charge < -0.3 is 9.47 Å². The molecule has 0 spiro atoms. The van der Waals surface area contributed by atoms with Crippen molar-refractivity contribution < 1.29 is 9.47 Å². The molecule has 3 rings (SSSR count). The Labute approximate surface area is 142 Å². The molecule has 1 aliphatic heterocycles. The monoisotopic (exact) mass is 332 g/mol. The average Bonchev–Trinajstić information content (AvgIpc) is 3.21.